The molecule has 156 valence electrons. The van der Waals surface area contributed by atoms with E-state index in [1.807, 2.05) is 4.90 Å². The molecule has 6 nitrogen and oxygen atoms in total. The number of hydrogen-bond donors (Lipinski definition) is 0. The second-order valence-electron chi connectivity index (χ2n) is 9.64. The summed E-state index contributed by atoms with van der Waals surface area (Å²) in [6.07, 6.45) is 13.3. The molecular formula is C23H32N4O2. The zero-order valence-electron chi connectivity index (χ0n) is 17.2. The highest BCUT2D eigenvalue weighted by Gasteiger charge is 2.50. The van der Waals surface area contributed by atoms with Crippen molar-refractivity contribution < 1.29 is 9.59 Å². The van der Waals surface area contributed by atoms with Gasteiger partial charge in [0.1, 0.15) is 0 Å². The molecule has 0 spiro atoms. The fourth-order valence-corrected chi connectivity index (χ4v) is 6.59. The van der Waals surface area contributed by atoms with Crippen LogP contribution in [0.5, 0.6) is 0 Å². The Morgan fingerprint density at radius 1 is 1.07 bits per heavy atom. The van der Waals surface area contributed by atoms with Crippen molar-refractivity contribution in [1.82, 2.24) is 20.0 Å². The van der Waals surface area contributed by atoms with Gasteiger partial charge in [-0.2, -0.15) is 5.10 Å². The molecule has 0 aromatic carbocycles. The zero-order chi connectivity index (χ0) is 19.8. The predicted octanol–water partition coefficient (Wildman–Crippen LogP) is 3.29. The van der Waals surface area contributed by atoms with E-state index in [-0.39, 0.29) is 5.91 Å². The van der Waals surface area contributed by atoms with E-state index in [4.69, 9.17) is 0 Å². The highest BCUT2D eigenvalue weighted by Crippen LogP contribution is 2.44. The molecule has 3 saturated heterocycles. The van der Waals surface area contributed by atoms with Crippen LogP contribution in [0.2, 0.25) is 0 Å². The Hall–Kier alpha value is -1.98. The summed E-state index contributed by atoms with van der Waals surface area (Å²) in [5, 5.41) is 7.94. The topological polar surface area (TPSA) is 66.4 Å². The Labute approximate surface area is 173 Å². The Kier molecular flexibility index (Phi) is 5.27. The molecule has 1 aromatic rings. The monoisotopic (exact) mass is 396 g/mol. The van der Waals surface area contributed by atoms with Crippen molar-refractivity contribution in [3.8, 4) is 0 Å². The van der Waals surface area contributed by atoms with Gasteiger partial charge in [0.15, 0.2) is 5.69 Å². The van der Waals surface area contributed by atoms with Gasteiger partial charge in [-0.25, -0.2) is 0 Å². The van der Waals surface area contributed by atoms with E-state index >= 15 is 0 Å². The number of likely N-dealkylation sites (tertiary alicyclic amines) is 1. The molecule has 0 radical (unpaired) electrons. The van der Waals surface area contributed by atoms with Crippen molar-refractivity contribution in [3.63, 3.8) is 0 Å². The normalized spacial score (nSPS) is 32.8. The SMILES string of the molecule is O=C(c1cccnn1)N1C[C@H]2C[C@@H](C1)[C@H](CC1CCCCC1)N1C(=O)CCC[C@@H]21. The number of carbonyl (C=O) groups excluding carboxylic acids is 2. The van der Waals surface area contributed by atoms with Gasteiger partial charge in [-0.3, -0.25) is 9.59 Å². The van der Waals surface area contributed by atoms with Crippen LogP contribution in [-0.4, -0.2) is 57.0 Å². The van der Waals surface area contributed by atoms with E-state index in [0.717, 1.165) is 44.7 Å². The van der Waals surface area contributed by atoms with Crippen LogP contribution in [0.4, 0.5) is 0 Å². The van der Waals surface area contributed by atoms with E-state index in [0.29, 0.717) is 41.9 Å². The largest absolute Gasteiger partial charge is 0.337 e. The van der Waals surface area contributed by atoms with Crippen molar-refractivity contribution in [2.24, 2.45) is 17.8 Å². The highest BCUT2D eigenvalue weighted by molar-refractivity contribution is 5.92. The second-order valence-corrected chi connectivity index (χ2v) is 9.64. The van der Waals surface area contributed by atoms with Crippen LogP contribution in [-0.2, 0) is 4.79 Å². The van der Waals surface area contributed by atoms with Crippen molar-refractivity contribution in [2.45, 2.75) is 76.3 Å². The fraction of sp³-hybridized carbons (Fsp3) is 0.739. The number of piperidine rings is 3. The number of carbonyl (C=O) groups is 2. The summed E-state index contributed by atoms with van der Waals surface area (Å²) in [4.78, 5) is 30.4. The van der Waals surface area contributed by atoms with E-state index in [1.165, 1.54) is 32.1 Å². The Bertz CT molecular complexity index is 749. The lowest BCUT2D eigenvalue weighted by atomic mass is 9.69. The average Bonchev–Trinajstić information content (AvgIpc) is 2.77. The van der Waals surface area contributed by atoms with E-state index in [1.54, 1.807) is 18.3 Å². The minimum absolute atomic E-state index is 0.000183. The predicted molar refractivity (Wildman–Crippen MR) is 109 cm³/mol. The molecule has 2 bridgehead atoms. The first-order chi connectivity index (χ1) is 14.2. The van der Waals surface area contributed by atoms with Crippen LogP contribution in [0.1, 0.15) is 74.7 Å². The van der Waals surface area contributed by atoms with E-state index in [2.05, 4.69) is 15.1 Å². The van der Waals surface area contributed by atoms with Gasteiger partial charge >= 0.3 is 0 Å². The molecule has 4 heterocycles. The van der Waals surface area contributed by atoms with Crippen LogP contribution in [0.15, 0.2) is 18.3 Å². The molecule has 4 fully saturated rings. The van der Waals surface area contributed by atoms with Gasteiger partial charge in [0.05, 0.1) is 0 Å². The maximum absolute atomic E-state index is 13.1. The lowest BCUT2D eigenvalue weighted by Gasteiger charge is -2.57. The number of nitrogens with zero attached hydrogens (tertiary/aromatic N) is 4. The minimum atomic E-state index is -0.000183. The third kappa shape index (κ3) is 3.66. The molecule has 1 aliphatic carbocycles. The number of aromatic nitrogens is 2. The van der Waals surface area contributed by atoms with Crippen LogP contribution in [0, 0.1) is 17.8 Å². The Morgan fingerprint density at radius 3 is 2.69 bits per heavy atom. The molecule has 1 aromatic heterocycles. The highest BCUT2D eigenvalue weighted by atomic mass is 16.2. The van der Waals surface area contributed by atoms with Crippen LogP contribution in [0.25, 0.3) is 0 Å². The number of amides is 2. The molecule has 1 saturated carbocycles. The molecular weight excluding hydrogens is 364 g/mol. The fourth-order valence-electron chi connectivity index (χ4n) is 6.59. The summed E-state index contributed by atoms with van der Waals surface area (Å²) < 4.78 is 0. The van der Waals surface area contributed by atoms with Crippen LogP contribution in [0.3, 0.4) is 0 Å². The molecule has 3 aliphatic heterocycles. The zero-order valence-corrected chi connectivity index (χ0v) is 17.2. The summed E-state index contributed by atoms with van der Waals surface area (Å²) in [5.74, 6) is 1.91. The van der Waals surface area contributed by atoms with Gasteiger partial charge < -0.3 is 9.80 Å². The molecule has 4 aliphatic rings. The van der Waals surface area contributed by atoms with Crippen LogP contribution < -0.4 is 0 Å². The second kappa shape index (κ2) is 8.04. The summed E-state index contributed by atoms with van der Waals surface area (Å²) in [5.41, 5.74) is 0.438. The number of fused-ring (bicyclic) bond motifs is 4. The summed E-state index contributed by atoms with van der Waals surface area (Å²) >= 11 is 0. The Balaban J connectivity index is 1.39. The maximum atomic E-state index is 13.1. The third-order valence-electron chi connectivity index (χ3n) is 7.87. The molecule has 29 heavy (non-hydrogen) atoms. The van der Waals surface area contributed by atoms with E-state index < -0.39 is 0 Å². The molecule has 4 atom stereocenters. The maximum Gasteiger partial charge on any atom is 0.274 e. The van der Waals surface area contributed by atoms with Crippen molar-refractivity contribution in [2.75, 3.05) is 13.1 Å². The lowest BCUT2D eigenvalue weighted by molar-refractivity contribution is -0.153. The van der Waals surface area contributed by atoms with Crippen molar-refractivity contribution >= 4 is 11.8 Å². The standard InChI is InChI=1S/C23H32N4O2/c28-22-10-4-9-20-17-13-18(21(27(20)22)12-16-6-2-1-3-7-16)15-26(14-17)23(29)19-8-5-11-24-25-19/h5,8,11,16-18,20-21H,1-4,6-7,9-10,12-15H2/t17-,18+,20+,21+/m1/s1. The van der Waals surface area contributed by atoms with Crippen LogP contribution >= 0.6 is 0 Å². The lowest BCUT2D eigenvalue weighted by Crippen LogP contribution is -2.65. The number of hydrogen-bond acceptors (Lipinski definition) is 4. The van der Waals surface area contributed by atoms with Gasteiger partial charge in [-0.1, -0.05) is 32.1 Å². The van der Waals surface area contributed by atoms with Crippen molar-refractivity contribution in [1.29, 1.82) is 0 Å². The van der Waals surface area contributed by atoms with Gasteiger partial charge in [-0.15, -0.1) is 5.10 Å². The molecule has 2 amide bonds. The first kappa shape index (κ1) is 19.0. The smallest absolute Gasteiger partial charge is 0.274 e. The summed E-state index contributed by atoms with van der Waals surface area (Å²) in [6.45, 7) is 1.50. The van der Waals surface area contributed by atoms with Crippen molar-refractivity contribution in [3.05, 3.63) is 24.0 Å². The molecule has 0 unspecified atom stereocenters. The number of rotatable bonds is 3. The first-order valence-electron chi connectivity index (χ1n) is 11.6. The third-order valence-corrected chi connectivity index (χ3v) is 7.87. The van der Waals surface area contributed by atoms with Gasteiger partial charge in [0, 0.05) is 37.8 Å². The average molecular weight is 397 g/mol. The first-order valence-corrected chi connectivity index (χ1v) is 11.6. The summed E-state index contributed by atoms with van der Waals surface area (Å²) in [7, 11) is 0. The van der Waals surface area contributed by atoms with Gasteiger partial charge in [-0.05, 0) is 55.6 Å². The molecule has 0 N–H and O–H groups in total. The molecule has 6 heteroatoms. The molecule has 5 rings (SSSR count). The quantitative estimate of drug-likeness (QED) is 0.786. The van der Waals surface area contributed by atoms with E-state index in [9.17, 15) is 9.59 Å². The van der Waals surface area contributed by atoms with Gasteiger partial charge in [0.2, 0.25) is 5.91 Å². The summed E-state index contributed by atoms with van der Waals surface area (Å²) in [6, 6.07) is 4.16. The van der Waals surface area contributed by atoms with Gasteiger partial charge in [0.25, 0.3) is 5.91 Å². The Morgan fingerprint density at radius 2 is 1.90 bits per heavy atom. The minimum Gasteiger partial charge on any atom is -0.337 e.